The Morgan fingerprint density at radius 3 is 1.71 bits per heavy atom. The van der Waals surface area contributed by atoms with Gasteiger partial charge in [0, 0.05) is 0 Å². The van der Waals surface area contributed by atoms with Crippen molar-refractivity contribution in [1.29, 1.82) is 0 Å². The SMILES string of the molecule is CCCOC(=O)c1ccc(OC(=O)c2ccc(OCCOc3ccccc3)cc2)cc1. The predicted octanol–water partition coefficient (Wildman–Crippen LogP) is 4.93. The van der Waals surface area contributed by atoms with E-state index in [1.54, 1.807) is 48.5 Å². The summed E-state index contributed by atoms with van der Waals surface area (Å²) in [7, 11) is 0. The fraction of sp³-hybridized carbons (Fsp3) is 0.200. The molecule has 0 spiro atoms. The van der Waals surface area contributed by atoms with Crippen LogP contribution < -0.4 is 14.2 Å². The minimum absolute atomic E-state index is 0.343. The van der Waals surface area contributed by atoms with E-state index in [2.05, 4.69) is 0 Å². The lowest BCUT2D eigenvalue weighted by molar-refractivity contribution is 0.0505. The molecule has 31 heavy (non-hydrogen) atoms. The smallest absolute Gasteiger partial charge is 0.343 e. The number of hydrogen-bond acceptors (Lipinski definition) is 6. The lowest BCUT2D eigenvalue weighted by Crippen LogP contribution is -2.10. The van der Waals surface area contributed by atoms with Crippen LogP contribution in [0.1, 0.15) is 34.1 Å². The van der Waals surface area contributed by atoms with Crippen molar-refractivity contribution >= 4 is 11.9 Å². The number of carbonyl (C=O) groups excluding carboxylic acids is 2. The number of benzene rings is 3. The quantitative estimate of drug-likeness (QED) is 0.263. The molecule has 0 aliphatic heterocycles. The van der Waals surface area contributed by atoms with E-state index in [0.29, 0.717) is 42.4 Å². The summed E-state index contributed by atoms with van der Waals surface area (Å²) in [5, 5.41) is 0. The first kappa shape index (κ1) is 21.9. The number of hydrogen-bond donors (Lipinski definition) is 0. The average molecular weight is 420 g/mol. The third-order valence-electron chi connectivity index (χ3n) is 4.19. The summed E-state index contributed by atoms with van der Waals surface area (Å²) in [5.41, 5.74) is 0.797. The van der Waals surface area contributed by atoms with Crippen LogP contribution >= 0.6 is 0 Å². The summed E-state index contributed by atoms with van der Waals surface area (Å²) in [6.07, 6.45) is 0.757. The Hall–Kier alpha value is -3.80. The molecule has 0 N–H and O–H groups in total. The van der Waals surface area contributed by atoms with E-state index in [1.165, 1.54) is 0 Å². The summed E-state index contributed by atoms with van der Waals surface area (Å²) in [4.78, 5) is 24.1. The number of rotatable bonds is 10. The summed E-state index contributed by atoms with van der Waals surface area (Å²) < 4.78 is 21.6. The zero-order valence-electron chi connectivity index (χ0n) is 17.3. The van der Waals surface area contributed by atoms with Gasteiger partial charge in [-0.05, 0) is 67.1 Å². The van der Waals surface area contributed by atoms with Crippen molar-refractivity contribution in [3.63, 3.8) is 0 Å². The molecule has 6 nitrogen and oxygen atoms in total. The van der Waals surface area contributed by atoms with Crippen molar-refractivity contribution in [2.45, 2.75) is 13.3 Å². The van der Waals surface area contributed by atoms with E-state index in [0.717, 1.165) is 12.2 Å². The number of ether oxygens (including phenoxy) is 4. The normalized spacial score (nSPS) is 10.2. The van der Waals surface area contributed by atoms with Gasteiger partial charge in [0.05, 0.1) is 17.7 Å². The van der Waals surface area contributed by atoms with Gasteiger partial charge in [-0.15, -0.1) is 0 Å². The molecule has 0 aliphatic rings. The summed E-state index contributed by atoms with van der Waals surface area (Å²) >= 11 is 0. The first-order valence-electron chi connectivity index (χ1n) is 10.1. The highest BCUT2D eigenvalue weighted by Crippen LogP contribution is 2.17. The Bertz CT molecular complexity index is 965. The van der Waals surface area contributed by atoms with E-state index in [4.69, 9.17) is 18.9 Å². The summed E-state index contributed by atoms with van der Waals surface area (Å²) in [6.45, 7) is 3.09. The number of esters is 2. The van der Waals surface area contributed by atoms with Crippen LogP contribution in [0.25, 0.3) is 0 Å². The van der Waals surface area contributed by atoms with Crippen LogP contribution in [0.15, 0.2) is 78.9 Å². The molecule has 3 rings (SSSR count). The van der Waals surface area contributed by atoms with Gasteiger partial charge in [-0.3, -0.25) is 0 Å². The van der Waals surface area contributed by atoms with Gasteiger partial charge < -0.3 is 18.9 Å². The van der Waals surface area contributed by atoms with Gasteiger partial charge in [-0.25, -0.2) is 9.59 Å². The fourth-order valence-corrected chi connectivity index (χ4v) is 2.63. The van der Waals surface area contributed by atoms with Crippen LogP contribution in [0.5, 0.6) is 17.2 Å². The van der Waals surface area contributed by atoms with Crippen molar-refractivity contribution < 1.29 is 28.5 Å². The summed E-state index contributed by atoms with van der Waals surface area (Å²) in [6, 6.07) is 22.4. The fourth-order valence-electron chi connectivity index (χ4n) is 2.63. The van der Waals surface area contributed by atoms with Crippen LogP contribution in [-0.2, 0) is 4.74 Å². The molecule has 0 radical (unpaired) electrons. The van der Waals surface area contributed by atoms with Gasteiger partial charge in [-0.2, -0.15) is 0 Å². The van der Waals surface area contributed by atoms with Crippen LogP contribution in [-0.4, -0.2) is 31.8 Å². The minimum atomic E-state index is -0.500. The predicted molar refractivity (Wildman–Crippen MR) is 116 cm³/mol. The first-order valence-corrected chi connectivity index (χ1v) is 10.1. The molecule has 0 amide bonds. The minimum Gasteiger partial charge on any atom is -0.490 e. The molecule has 0 bridgehead atoms. The van der Waals surface area contributed by atoms with Gasteiger partial charge in [0.1, 0.15) is 30.5 Å². The van der Waals surface area contributed by atoms with Crippen LogP contribution in [0.2, 0.25) is 0 Å². The van der Waals surface area contributed by atoms with Crippen molar-refractivity contribution in [2.75, 3.05) is 19.8 Å². The second kappa shape index (κ2) is 11.4. The average Bonchev–Trinajstić information content (AvgIpc) is 2.82. The third-order valence-corrected chi connectivity index (χ3v) is 4.19. The van der Waals surface area contributed by atoms with Crippen LogP contribution in [0.4, 0.5) is 0 Å². The molecule has 0 aliphatic carbocycles. The van der Waals surface area contributed by atoms with Crippen molar-refractivity contribution in [1.82, 2.24) is 0 Å². The molecule has 0 saturated carbocycles. The van der Waals surface area contributed by atoms with Gasteiger partial charge in [-0.1, -0.05) is 25.1 Å². The second-order valence-corrected chi connectivity index (χ2v) is 6.58. The molecule has 3 aromatic rings. The maximum Gasteiger partial charge on any atom is 0.343 e. The molecule has 0 heterocycles. The van der Waals surface area contributed by atoms with E-state index in [-0.39, 0.29) is 0 Å². The molecule has 0 fully saturated rings. The van der Waals surface area contributed by atoms with Crippen molar-refractivity contribution in [2.24, 2.45) is 0 Å². The Morgan fingerprint density at radius 1 is 0.613 bits per heavy atom. The molecule has 3 aromatic carbocycles. The first-order chi connectivity index (χ1) is 15.2. The van der Waals surface area contributed by atoms with Crippen molar-refractivity contribution in [3.05, 3.63) is 90.0 Å². The standard InChI is InChI=1S/C25H24O6/c1-2-16-30-24(26)19-10-14-23(15-11-19)31-25(27)20-8-12-22(13-9-20)29-18-17-28-21-6-4-3-5-7-21/h3-15H,2,16-18H2,1H3. The molecule has 6 heteroatoms. The highest BCUT2D eigenvalue weighted by Gasteiger charge is 2.11. The maximum atomic E-state index is 12.3. The van der Waals surface area contributed by atoms with E-state index >= 15 is 0 Å². The zero-order valence-corrected chi connectivity index (χ0v) is 17.3. The van der Waals surface area contributed by atoms with E-state index < -0.39 is 11.9 Å². The van der Waals surface area contributed by atoms with Crippen LogP contribution in [0.3, 0.4) is 0 Å². The van der Waals surface area contributed by atoms with E-state index in [9.17, 15) is 9.59 Å². The lowest BCUT2D eigenvalue weighted by Gasteiger charge is -2.09. The molecular formula is C25H24O6. The zero-order chi connectivity index (χ0) is 21.9. The molecule has 0 saturated heterocycles. The Kier molecular flexibility index (Phi) is 8.05. The topological polar surface area (TPSA) is 71.1 Å². The van der Waals surface area contributed by atoms with Crippen LogP contribution in [0, 0.1) is 0 Å². The third kappa shape index (κ3) is 6.89. The second-order valence-electron chi connectivity index (χ2n) is 6.58. The number of carbonyl (C=O) groups is 2. The molecule has 0 unspecified atom stereocenters. The molecular weight excluding hydrogens is 396 g/mol. The van der Waals surface area contributed by atoms with Gasteiger partial charge in [0.25, 0.3) is 0 Å². The molecule has 160 valence electrons. The highest BCUT2D eigenvalue weighted by molar-refractivity contribution is 5.92. The molecule has 0 atom stereocenters. The van der Waals surface area contributed by atoms with Crippen molar-refractivity contribution in [3.8, 4) is 17.2 Å². The maximum absolute atomic E-state index is 12.3. The Balaban J connectivity index is 1.45. The van der Waals surface area contributed by atoms with E-state index in [1.807, 2.05) is 37.3 Å². The largest absolute Gasteiger partial charge is 0.490 e. The number of para-hydroxylation sites is 1. The van der Waals surface area contributed by atoms with Gasteiger partial charge >= 0.3 is 11.9 Å². The van der Waals surface area contributed by atoms with Gasteiger partial charge in [0.15, 0.2) is 0 Å². The highest BCUT2D eigenvalue weighted by atomic mass is 16.5. The monoisotopic (exact) mass is 420 g/mol. The molecule has 0 aromatic heterocycles. The Labute approximate surface area is 181 Å². The summed E-state index contributed by atoms with van der Waals surface area (Å²) in [5.74, 6) is 0.860. The lowest BCUT2D eigenvalue weighted by atomic mass is 10.2. The Morgan fingerprint density at radius 2 is 1.13 bits per heavy atom. The van der Waals surface area contributed by atoms with Gasteiger partial charge in [0.2, 0.25) is 0 Å².